The molecular formula is C19H22N4O3S. The van der Waals surface area contributed by atoms with Gasteiger partial charge in [-0.05, 0) is 49.8 Å². The maximum absolute atomic E-state index is 11.7. The van der Waals surface area contributed by atoms with Crippen LogP contribution in [0.5, 0.6) is 0 Å². The molecule has 0 amide bonds. The van der Waals surface area contributed by atoms with E-state index < -0.39 is 0 Å². The van der Waals surface area contributed by atoms with Gasteiger partial charge in [0.15, 0.2) is 5.82 Å². The van der Waals surface area contributed by atoms with Crippen molar-refractivity contribution in [3.05, 3.63) is 58.3 Å². The molecule has 0 atom stereocenters. The quantitative estimate of drug-likeness (QED) is 0.448. The highest BCUT2D eigenvalue weighted by Crippen LogP contribution is 2.23. The molecule has 0 fully saturated rings. The summed E-state index contributed by atoms with van der Waals surface area (Å²) in [4.78, 5) is 11.7. The van der Waals surface area contributed by atoms with Gasteiger partial charge >= 0.3 is 5.97 Å². The van der Waals surface area contributed by atoms with Crippen molar-refractivity contribution in [2.24, 2.45) is 0 Å². The zero-order valence-electron chi connectivity index (χ0n) is 15.3. The highest BCUT2D eigenvalue weighted by Gasteiger charge is 2.10. The van der Waals surface area contributed by atoms with E-state index in [4.69, 9.17) is 21.4 Å². The van der Waals surface area contributed by atoms with Gasteiger partial charge in [-0.25, -0.2) is 9.47 Å². The van der Waals surface area contributed by atoms with Crippen LogP contribution in [-0.4, -0.2) is 27.4 Å². The minimum absolute atomic E-state index is 0.326. The second kappa shape index (κ2) is 8.68. The predicted molar refractivity (Wildman–Crippen MR) is 105 cm³/mol. The average molecular weight is 386 g/mol. The number of aryl methyl sites for hydroxylation is 1. The first-order valence-corrected chi connectivity index (χ1v) is 9.29. The Labute approximate surface area is 162 Å². The smallest absolute Gasteiger partial charge is 0.338 e. The molecule has 3 aromatic rings. The lowest BCUT2D eigenvalue weighted by atomic mass is 10.1. The van der Waals surface area contributed by atoms with E-state index >= 15 is 0 Å². The zero-order chi connectivity index (χ0) is 19.2. The van der Waals surface area contributed by atoms with Crippen LogP contribution in [0.1, 0.15) is 42.2 Å². The van der Waals surface area contributed by atoms with Gasteiger partial charge in [-0.1, -0.05) is 19.1 Å². The molecule has 0 aliphatic heterocycles. The molecule has 0 bridgehead atoms. The van der Waals surface area contributed by atoms with Gasteiger partial charge in [-0.3, -0.25) is 5.10 Å². The van der Waals surface area contributed by atoms with Crippen molar-refractivity contribution >= 4 is 18.2 Å². The third kappa shape index (κ3) is 4.46. The number of aromatic amines is 1. The average Bonchev–Trinajstić information content (AvgIpc) is 3.28. The van der Waals surface area contributed by atoms with Gasteiger partial charge in [0.1, 0.15) is 11.5 Å². The lowest BCUT2D eigenvalue weighted by molar-refractivity contribution is 0.0526. The summed E-state index contributed by atoms with van der Waals surface area (Å²) in [5.74, 6) is 2.04. The molecule has 0 aliphatic rings. The maximum Gasteiger partial charge on any atom is 0.338 e. The van der Waals surface area contributed by atoms with Crippen molar-refractivity contribution in [2.45, 2.75) is 33.2 Å². The summed E-state index contributed by atoms with van der Waals surface area (Å²) in [6.45, 7) is 4.71. The van der Waals surface area contributed by atoms with Crippen molar-refractivity contribution in [1.82, 2.24) is 14.9 Å². The number of nitrogens with one attached hydrogen (secondary N) is 2. The zero-order valence-corrected chi connectivity index (χ0v) is 16.1. The first-order chi connectivity index (χ1) is 13.1. The molecule has 7 nitrogen and oxygen atoms in total. The predicted octanol–water partition coefficient (Wildman–Crippen LogP) is 4.07. The van der Waals surface area contributed by atoms with Crippen LogP contribution in [-0.2, 0) is 17.7 Å². The Kier molecular flexibility index (Phi) is 6.08. The Hall–Kier alpha value is -2.87. The number of hydrogen-bond donors (Lipinski definition) is 2. The Morgan fingerprint density at radius 3 is 2.74 bits per heavy atom. The Balaban J connectivity index is 1.67. The first-order valence-electron chi connectivity index (χ1n) is 8.88. The lowest BCUT2D eigenvalue weighted by Crippen LogP contribution is -2.17. The van der Waals surface area contributed by atoms with Crippen LogP contribution in [0.2, 0.25) is 0 Å². The van der Waals surface area contributed by atoms with Gasteiger partial charge in [0, 0.05) is 12.0 Å². The number of H-pyrrole nitrogens is 1. The normalized spacial score (nSPS) is 10.7. The number of nitrogens with zero attached hydrogens (tertiary/aromatic N) is 2. The Bertz CT molecular complexity index is 956. The highest BCUT2D eigenvalue weighted by molar-refractivity contribution is 7.71. The molecule has 0 saturated heterocycles. The number of rotatable bonds is 8. The molecule has 142 valence electrons. The SMILES string of the molecule is CCCc1n[nH]c(=S)n1NCc1ccc(-c2ccc(C(=O)OCC)cc2)o1. The number of benzene rings is 1. The Morgan fingerprint density at radius 1 is 1.26 bits per heavy atom. The fourth-order valence-electron chi connectivity index (χ4n) is 2.65. The summed E-state index contributed by atoms with van der Waals surface area (Å²) in [7, 11) is 0. The molecule has 2 aromatic heterocycles. The number of ether oxygens (including phenoxy) is 1. The summed E-state index contributed by atoms with van der Waals surface area (Å²) < 4.78 is 13.2. The molecule has 3 rings (SSSR count). The molecule has 0 spiro atoms. The molecule has 0 saturated carbocycles. The molecule has 1 aromatic carbocycles. The van der Waals surface area contributed by atoms with E-state index in [1.165, 1.54) is 0 Å². The number of carbonyl (C=O) groups excluding carboxylic acids is 1. The number of esters is 1. The van der Waals surface area contributed by atoms with Crippen molar-refractivity contribution < 1.29 is 13.9 Å². The largest absolute Gasteiger partial charge is 0.462 e. The third-order valence-corrected chi connectivity index (χ3v) is 4.24. The second-order valence-electron chi connectivity index (χ2n) is 5.93. The molecule has 2 N–H and O–H groups in total. The number of carbonyl (C=O) groups is 1. The standard InChI is InChI=1S/C19H22N4O3S/c1-3-5-17-21-22-19(27)23(17)20-12-15-10-11-16(26-15)13-6-8-14(9-7-13)18(24)25-4-2/h6-11,20H,3-5,12H2,1-2H3,(H,22,27). The fourth-order valence-corrected chi connectivity index (χ4v) is 2.87. The molecule has 27 heavy (non-hydrogen) atoms. The monoisotopic (exact) mass is 386 g/mol. The van der Waals surface area contributed by atoms with Crippen molar-refractivity contribution in [3.8, 4) is 11.3 Å². The van der Waals surface area contributed by atoms with Gasteiger partial charge in [-0.2, -0.15) is 5.10 Å². The van der Waals surface area contributed by atoms with Crippen LogP contribution >= 0.6 is 12.2 Å². The van der Waals surface area contributed by atoms with Crippen LogP contribution < -0.4 is 5.43 Å². The van der Waals surface area contributed by atoms with E-state index in [9.17, 15) is 4.79 Å². The van der Waals surface area contributed by atoms with Crippen LogP contribution in [0.25, 0.3) is 11.3 Å². The van der Waals surface area contributed by atoms with Crippen molar-refractivity contribution in [2.75, 3.05) is 12.0 Å². The number of hydrogen-bond acceptors (Lipinski definition) is 6. The van der Waals surface area contributed by atoms with Crippen LogP contribution in [0.4, 0.5) is 0 Å². The topological polar surface area (TPSA) is 85.1 Å². The minimum Gasteiger partial charge on any atom is -0.462 e. The molecule has 0 radical (unpaired) electrons. The Morgan fingerprint density at radius 2 is 2.04 bits per heavy atom. The molecule has 0 aliphatic carbocycles. The summed E-state index contributed by atoms with van der Waals surface area (Å²) >= 11 is 5.25. The van der Waals surface area contributed by atoms with Crippen LogP contribution in [0.3, 0.4) is 0 Å². The minimum atomic E-state index is -0.326. The number of aromatic nitrogens is 3. The van der Waals surface area contributed by atoms with E-state index in [1.807, 2.05) is 24.3 Å². The van der Waals surface area contributed by atoms with Crippen molar-refractivity contribution in [3.63, 3.8) is 0 Å². The van der Waals surface area contributed by atoms with Gasteiger partial charge < -0.3 is 14.6 Å². The van der Waals surface area contributed by atoms with E-state index in [1.54, 1.807) is 23.7 Å². The van der Waals surface area contributed by atoms with Crippen LogP contribution in [0, 0.1) is 4.77 Å². The second-order valence-corrected chi connectivity index (χ2v) is 6.32. The summed E-state index contributed by atoms with van der Waals surface area (Å²) in [6, 6.07) is 11.0. The molecule has 8 heteroatoms. The summed E-state index contributed by atoms with van der Waals surface area (Å²) in [6.07, 6.45) is 1.81. The van der Waals surface area contributed by atoms with E-state index in [-0.39, 0.29) is 5.97 Å². The maximum atomic E-state index is 11.7. The summed E-state index contributed by atoms with van der Waals surface area (Å²) in [5, 5.41) is 7.02. The van der Waals surface area contributed by atoms with E-state index in [2.05, 4.69) is 22.5 Å². The number of furan rings is 1. The fraction of sp³-hybridized carbons (Fsp3) is 0.316. The van der Waals surface area contributed by atoms with Gasteiger partial charge in [0.05, 0.1) is 18.7 Å². The molecular weight excluding hydrogens is 364 g/mol. The van der Waals surface area contributed by atoms with Gasteiger partial charge in [0.2, 0.25) is 4.77 Å². The van der Waals surface area contributed by atoms with Crippen LogP contribution in [0.15, 0.2) is 40.8 Å². The van der Waals surface area contributed by atoms with E-state index in [0.717, 1.165) is 35.7 Å². The van der Waals surface area contributed by atoms with Gasteiger partial charge in [0.25, 0.3) is 0 Å². The summed E-state index contributed by atoms with van der Waals surface area (Å²) in [5.41, 5.74) is 4.64. The lowest BCUT2D eigenvalue weighted by Gasteiger charge is -2.08. The van der Waals surface area contributed by atoms with Gasteiger partial charge in [-0.15, -0.1) is 0 Å². The molecule has 2 heterocycles. The molecule has 0 unspecified atom stereocenters. The van der Waals surface area contributed by atoms with Crippen molar-refractivity contribution in [1.29, 1.82) is 0 Å². The third-order valence-electron chi connectivity index (χ3n) is 3.97. The highest BCUT2D eigenvalue weighted by atomic mass is 32.1. The van der Waals surface area contributed by atoms with E-state index in [0.29, 0.717) is 23.5 Å². The first kappa shape index (κ1) is 18.9.